The number of carbonyl (C=O) groups is 1. The molecule has 1 saturated heterocycles. The van der Waals surface area contributed by atoms with Gasteiger partial charge in [-0.25, -0.2) is 14.8 Å². The normalized spacial score (nSPS) is 23.5. The highest BCUT2D eigenvalue weighted by atomic mass is 19.4. The summed E-state index contributed by atoms with van der Waals surface area (Å²) in [5, 5.41) is 0. The van der Waals surface area contributed by atoms with Gasteiger partial charge in [-0.1, -0.05) is 6.08 Å². The molecule has 1 aromatic heterocycles. The number of alkyl halides is 3. The predicted octanol–water partition coefficient (Wildman–Crippen LogP) is 4.44. The summed E-state index contributed by atoms with van der Waals surface area (Å²) in [6.07, 6.45) is 2.67. The fraction of sp³-hybridized carbons (Fsp3) is 0.611. The molecule has 2 aliphatic heterocycles. The molecule has 2 aliphatic rings. The molecule has 0 N–H and O–H groups in total. The van der Waals surface area contributed by atoms with Crippen molar-refractivity contribution in [3.63, 3.8) is 0 Å². The minimum absolute atomic E-state index is 0.0223. The molecule has 0 aromatic carbocycles. The lowest BCUT2D eigenvalue weighted by Crippen LogP contribution is -2.53. The Morgan fingerprint density at radius 1 is 1.19 bits per heavy atom. The smallest absolute Gasteiger partial charge is 0.444 e. The van der Waals surface area contributed by atoms with Crippen molar-refractivity contribution in [2.75, 3.05) is 0 Å². The van der Waals surface area contributed by atoms with Gasteiger partial charge < -0.3 is 4.74 Å². The molecule has 8 heteroatoms. The Kier molecular flexibility index (Phi) is 4.71. The molecule has 0 saturated carbocycles. The molecule has 1 amide bonds. The van der Waals surface area contributed by atoms with E-state index in [2.05, 4.69) is 9.97 Å². The predicted molar refractivity (Wildman–Crippen MR) is 89.1 cm³/mol. The van der Waals surface area contributed by atoms with Crippen molar-refractivity contribution in [3.05, 3.63) is 29.9 Å². The summed E-state index contributed by atoms with van der Waals surface area (Å²) >= 11 is 0. The number of hydrogen-bond donors (Lipinski definition) is 0. The molecule has 3 heterocycles. The highest BCUT2D eigenvalue weighted by Gasteiger charge is 2.40. The van der Waals surface area contributed by atoms with Gasteiger partial charge in [0.05, 0.1) is 6.04 Å². The standard InChI is InChI=1S/C18H22F3N3O2/c1-17(2,3)26-16(25)24-13-5-4-6-14(24)8-11(7-13)12-9-22-15(23-10-12)18(19,20)21/h7,9-10,13-14H,4-6,8H2,1-3H3. The van der Waals surface area contributed by atoms with E-state index < -0.39 is 17.6 Å². The third-order valence-electron chi connectivity index (χ3n) is 4.52. The zero-order valence-electron chi connectivity index (χ0n) is 15.0. The second-order valence-corrected chi connectivity index (χ2v) is 7.73. The number of ether oxygens (including phenoxy) is 1. The van der Waals surface area contributed by atoms with Gasteiger partial charge in [-0.15, -0.1) is 0 Å². The average Bonchev–Trinajstić information content (AvgIpc) is 2.51. The van der Waals surface area contributed by atoms with Gasteiger partial charge >= 0.3 is 12.3 Å². The van der Waals surface area contributed by atoms with E-state index in [0.29, 0.717) is 12.0 Å². The van der Waals surface area contributed by atoms with Gasteiger partial charge in [-0.2, -0.15) is 13.2 Å². The van der Waals surface area contributed by atoms with Gasteiger partial charge in [0.15, 0.2) is 0 Å². The highest BCUT2D eigenvalue weighted by molar-refractivity contribution is 5.74. The van der Waals surface area contributed by atoms with Gasteiger partial charge in [0, 0.05) is 24.0 Å². The maximum absolute atomic E-state index is 12.6. The molecule has 2 unspecified atom stereocenters. The van der Waals surface area contributed by atoms with Crippen LogP contribution in [-0.4, -0.2) is 38.6 Å². The first-order chi connectivity index (χ1) is 12.0. The lowest BCUT2D eigenvalue weighted by atomic mass is 9.83. The van der Waals surface area contributed by atoms with Gasteiger partial charge in [0.1, 0.15) is 5.60 Å². The Morgan fingerprint density at radius 2 is 1.85 bits per heavy atom. The minimum atomic E-state index is -4.55. The Bertz CT molecular complexity index is 708. The number of aromatic nitrogens is 2. The summed E-state index contributed by atoms with van der Waals surface area (Å²) in [7, 11) is 0. The largest absolute Gasteiger partial charge is 0.451 e. The molecule has 0 spiro atoms. The van der Waals surface area contributed by atoms with Crippen LogP contribution in [0.1, 0.15) is 57.8 Å². The van der Waals surface area contributed by atoms with E-state index in [1.54, 1.807) is 4.90 Å². The van der Waals surface area contributed by atoms with Crippen LogP contribution in [0.2, 0.25) is 0 Å². The minimum Gasteiger partial charge on any atom is -0.444 e. The first-order valence-corrected chi connectivity index (χ1v) is 8.66. The van der Waals surface area contributed by atoms with Crippen molar-refractivity contribution in [3.8, 4) is 0 Å². The van der Waals surface area contributed by atoms with Gasteiger partial charge in [-0.3, -0.25) is 4.90 Å². The third-order valence-corrected chi connectivity index (χ3v) is 4.52. The molecular weight excluding hydrogens is 347 g/mol. The lowest BCUT2D eigenvalue weighted by molar-refractivity contribution is -0.145. The topological polar surface area (TPSA) is 55.3 Å². The summed E-state index contributed by atoms with van der Waals surface area (Å²) < 4.78 is 43.4. The fourth-order valence-corrected chi connectivity index (χ4v) is 3.48. The first-order valence-electron chi connectivity index (χ1n) is 8.66. The number of carbonyl (C=O) groups excluding carboxylic acids is 1. The fourth-order valence-electron chi connectivity index (χ4n) is 3.48. The van der Waals surface area contributed by atoms with Crippen LogP contribution in [0.25, 0.3) is 5.57 Å². The van der Waals surface area contributed by atoms with Crippen LogP contribution in [0, 0.1) is 0 Å². The van der Waals surface area contributed by atoms with Crippen molar-refractivity contribution in [1.29, 1.82) is 0 Å². The molecule has 0 radical (unpaired) electrons. The van der Waals surface area contributed by atoms with Gasteiger partial charge in [0.25, 0.3) is 0 Å². The van der Waals surface area contributed by atoms with Crippen molar-refractivity contribution >= 4 is 11.7 Å². The second kappa shape index (κ2) is 6.55. The van der Waals surface area contributed by atoms with E-state index in [9.17, 15) is 18.0 Å². The van der Waals surface area contributed by atoms with Crippen molar-refractivity contribution < 1.29 is 22.7 Å². The van der Waals surface area contributed by atoms with E-state index >= 15 is 0 Å². The molecule has 2 atom stereocenters. The molecule has 3 rings (SSSR count). The summed E-state index contributed by atoms with van der Waals surface area (Å²) in [5.74, 6) is -1.15. The number of piperidine rings is 1. The molecule has 1 aromatic rings. The molecule has 2 bridgehead atoms. The monoisotopic (exact) mass is 369 g/mol. The first kappa shape index (κ1) is 18.7. The number of amides is 1. The van der Waals surface area contributed by atoms with Crippen molar-refractivity contribution in [2.45, 2.75) is 70.3 Å². The number of rotatable bonds is 1. The molecule has 0 aliphatic carbocycles. The van der Waals surface area contributed by atoms with E-state index in [1.807, 2.05) is 26.8 Å². The molecule has 142 valence electrons. The van der Waals surface area contributed by atoms with Crippen LogP contribution < -0.4 is 0 Å². The molecular formula is C18H22F3N3O2. The van der Waals surface area contributed by atoms with Crippen LogP contribution >= 0.6 is 0 Å². The van der Waals surface area contributed by atoms with Crippen molar-refractivity contribution in [1.82, 2.24) is 14.9 Å². The van der Waals surface area contributed by atoms with Crippen LogP contribution in [0.3, 0.4) is 0 Å². The van der Waals surface area contributed by atoms with E-state index in [1.165, 1.54) is 12.4 Å². The zero-order chi connectivity index (χ0) is 19.1. The molecule has 26 heavy (non-hydrogen) atoms. The summed E-state index contributed by atoms with van der Waals surface area (Å²) in [6.45, 7) is 5.47. The second-order valence-electron chi connectivity index (χ2n) is 7.73. The molecule has 5 nitrogen and oxygen atoms in total. The Balaban J connectivity index is 1.83. The van der Waals surface area contributed by atoms with Crippen LogP contribution in [0.5, 0.6) is 0 Å². The Hall–Kier alpha value is -2.12. The molecule has 1 fully saturated rings. The lowest BCUT2D eigenvalue weighted by Gasteiger charge is -2.45. The Labute approximate surface area is 150 Å². The van der Waals surface area contributed by atoms with Crippen LogP contribution in [0.4, 0.5) is 18.0 Å². The highest BCUT2D eigenvalue weighted by Crippen LogP contribution is 2.38. The van der Waals surface area contributed by atoms with E-state index in [-0.39, 0.29) is 18.2 Å². The van der Waals surface area contributed by atoms with Gasteiger partial charge in [-0.05, 0) is 52.0 Å². The van der Waals surface area contributed by atoms with Gasteiger partial charge in [0.2, 0.25) is 5.82 Å². The number of halogens is 3. The van der Waals surface area contributed by atoms with Crippen LogP contribution in [-0.2, 0) is 10.9 Å². The van der Waals surface area contributed by atoms with E-state index in [4.69, 9.17) is 4.74 Å². The Morgan fingerprint density at radius 3 is 2.38 bits per heavy atom. The number of nitrogens with zero attached hydrogens (tertiary/aromatic N) is 3. The summed E-state index contributed by atoms with van der Waals surface area (Å²) in [4.78, 5) is 21.2. The third kappa shape index (κ3) is 3.99. The maximum Gasteiger partial charge on any atom is 0.451 e. The summed E-state index contributed by atoms with van der Waals surface area (Å²) in [6, 6.07) is -0.138. The average molecular weight is 369 g/mol. The number of hydrogen-bond acceptors (Lipinski definition) is 4. The van der Waals surface area contributed by atoms with E-state index in [0.717, 1.165) is 24.8 Å². The number of fused-ring (bicyclic) bond motifs is 2. The maximum atomic E-state index is 12.6. The van der Waals surface area contributed by atoms with Crippen molar-refractivity contribution in [2.24, 2.45) is 0 Å². The summed E-state index contributed by atoms with van der Waals surface area (Å²) in [5.41, 5.74) is 0.878. The van der Waals surface area contributed by atoms with Crippen LogP contribution in [0.15, 0.2) is 18.5 Å². The SMILES string of the molecule is CC(C)(C)OC(=O)N1C2C=C(c3cnc(C(F)(F)F)nc3)CC1CCC2. The quantitative estimate of drug-likeness (QED) is 0.734. The zero-order valence-corrected chi connectivity index (χ0v) is 15.0.